The second-order valence-electron chi connectivity index (χ2n) is 12.5. The summed E-state index contributed by atoms with van der Waals surface area (Å²) in [5.74, 6) is 0.0839. The number of hydrogen-bond donors (Lipinski definition) is 0. The van der Waals surface area contributed by atoms with Crippen molar-refractivity contribution in [3.05, 3.63) is 99.2 Å². The highest BCUT2D eigenvalue weighted by atomic mass is 32.2. The Morgan fingerprint density at radius 3 is 2.33 bits per heavy atom. The van der Waals surface area contributed by atoms with Crippen LogP contribution in [0.1, 0.15) is 53.9 Å². The van der Waals surface area contributed by atoms with Crippen LogP contribution in [-0.2, 0) is 26.0 Å². The Balaban J connectivity index is 1.57. The quantitative estimate of drug-likeness (QED) is 0.129. The number of piperazine rings is 1. The van der Waals surface area contributed by atoms with E-state index in [0.29, 0.717) is 23.4 Å². The number of nitro groups is 1. The lowest BCUT2D eigenvalue weighted by Crippen LogP contribution is -2.50. The van der Waals surface area contributed by atoms with E-state index >= 15 is 0 Å². The topological polar surface area (TPSA) is 151 Å². The lowest BCUT2D eigenvalue weighted by atomic mass is 9.99. The van der Waals surface area contributed by atoms with Crippen molar-refractivity contribution in [3.8, 4) is 5.75 Å². The van der Waals surface area contributed by atoms with Gasteiger partial charge < -0.3 is 14.2 Å². The number of nitrogens with zero attached hydrogens (tertiary/aromatic N) is 4. The molecular formula is C34H38N4O9S. The van der Waals surface area contributed by atoms with Gasteiger partial charge in [0.1, 0.15) is 11.4 Å². The summed E-state index contributed by atoms with van der Waals surface area (Å²) in [5, 5.41) is 12.5. The minimum Gasteiger partial charge on any atom is -0.496 e. The van der Waals surface area contributed by atoms with E-state index in [1.54, 1.807) is 58.3 Å². The molecule has 0 aliphatic carbocycles. The molecular weight excluding hydrogens is 640 g/mol. The molecule has 0 spiro atoms. The summed E-state index contributed by atoms with van der Waals surface area (Å²) >= 11 is 0. The smallest absolute Gasteiger partial charge is 0.419 e. The lowest BCUT2D eigenvalue weighted by Gasteiger charge is -2.41. The van der Waals surface area contributed by atoms with E-state index in [-0.39, 0.29) is 24.5 Å². The number of methoxy groups -OCH3 is 2. The van der Waals surface area contributed by atoms with Crippen molar-refractivity contribution in [1.82, 2.24) is 13.8 Å². The molecule has 0 radical (unpaired) electrons. The summed E-state index contributed by atoms with van der Waals surface area (Å²) in [7, 11) is -1.41. The van der Waals surface area contributed by atoms with E-state index in [2.05, 4.69) is 4.90 Å². The molecule has 0 bridgehead atoms. The summed E-state index contributed by atoms with van der Waals surface area (Å²) in [6.45, 7) is 7.87. The first-order valence-electron chi connectivity index (χ1n) is 15.2. The van der Waals surface area contributed by atoms with E-state index < -0.39 is 44.3 Å². The van der Waals surface area contributed by atoms with Gasteiger partial charge in [-0.3, -0.25) is 19.6 Å². The number of aryl methyl sites for hydroxylation is 1. The number of hydrogen-bond acceptors (Lipinski definition) is 10. The Morgan fingerprint density at radius 1 is 1.02 bits per heavy atom. The van der Waals surface area contributed by atoms with Crippen molar-refractivity contribution in [3.63, 3.8) is 0 Å². The van der Waals surface area contributed by atoms with E-state index in [4.69, 9.17) is 14.2 Å². The van der Waals surface area contributed by atoms with Crippen LogP contribution in [-0.4, -0.2) is 78.6 Å². The number of nitro benzene ring substituents is 1. The first-order valence-corrected chi connectivity index (χ1v) is 16.7. The van der Waals surface area contributed by atoms with Crippen LogP contribution in [0.4, 0.5) is 10.5 Å². The SMILES string of the molecule is COC(=O)c1ccc([C@@H]2CN(S(=O)(=O)c3ccccc3[N+](=O)[O-])CCN2Cc2c(OC)cc(C)c3c2ccn3C(=O)OC(C)(C)C)cc1. The zero-order chi connectivity index (χ0) is 35.0. The fraction of sp³-hybridized carbons (Fsp3) is 0.353. The van der Waals surface area contributed by atoms with Gasteiger partial charge >= 0.3 is 12.1 Å². The number of sulfonamides is 1. The van der Waals surface area contributed by atoms with E-state index in [0.717, 1.165) is 22.1 Å². The molecule has 4 aromatic rings. The predicted molar refractivity (Wildman–Crippen MR) is 178 cm³/mol. The molecule has 14 heteroatoms. The minimum absolute atomic E-state index is 0.0256. The monoisotopic (exact) mass is 678 g/mol. The van der Waals surface area contributed by atoms with Gasteiger partial charge in [-0.15, -0.1) is 0 Å². The number of esters is 1. The standard InChI is InChI=1S/C34H38N4O9S/c1-22-19-29(45-5)26(25-15-16-37(31(22)25)33(40)47-34(2,3)4)20-35-17-18-36(48(43,44)30-10-8-7-9-27(30)38(41)42)21-28(35)23-11-13-24(14-12-23)32(39)46-6/h7-16,19,28H,17-18,20-21H2,1-6H3/t28-/m0/s1. The van der Waals surface area contributed by atoms with Crippen molar-refractivity contribution in [2.45, 2.75) is 50.8 Å². The summed E-state index contributed by atoms with van der Waals surface area (Å²) in [6.07, 6.45) is 1.14. The number of para-hydroxylation sites is 1. The summed E-state index contributed by atoms with van der Waals surface area (Å²) in [4.78, 5) is 38.1. The molecule has 1 aromatic heterocycles. The Kier molecular flexibility index (Phi) is 9.62. The molecule has 1 aliphatic rings. The van der Waals surface area contributed by atoms with Crippen LogP contribution < -0.4 is 4.74 Å². The van der Waals surface area contributed by atoms with E-state index in [1.165, 1.54) is 40.2 Å². The zero-order valence-corrected chi connectivity index (χ0v) is 28.4. The third-order valence-electron chi connectivity index (χ3n) is 8.25. The third kappa shape index (κ3) is 6.77. The molecule has 0 N–H and O–H groups in total. The lowest BCUT2D eigenvalue weighted by molar-refractivity contribution is -0.387. The van der Waals surface area contributed by atoms with Gasteiger partial charge in [-0.2, -0.15) is 4.31 Å². The first-order chi connectivity index (χ1) is 22.7. The number of fused-ring (bicyclic) bond motifs is 1. The van der Waals surface area contributed by atoms with Gasteiger partial charge in [0.25, 0.3) is 5.69 Å². The van der Waals surface area contributed by atoms with Gasteiger partial charge in [-0.25, -0.2) is 18.0 Å². The maximum Gasteiger partial charge on any atom is 0.419 e. The molecule has 2 heterocycles. The summed E-state index contributed by atoms with van der Waals surface area (Å²) in [5.41, 5.74) is 2.10. The largest absolute Gasteiger partial charge is 0.496 e. The molecule has 48 heavy (non-hydrogen) atoms. The minimum atomic E-state index is -4.26. The highest BCUT2D eigenvalue weighted by molar-refractivity contribution is 7.89. The van der Waals surface area contributed by atoms with Crippen LogP contribution in [0.5, 0.6) is 5.75 Å². The molecule has 1 fully saturated rings. The molecule has 0 unspecified atom stereocenters. The second-order valence-corrected chi connectivity index (χ2v) is 14.4. The molecule has 1 atom stereocenters. The van der Waals surface area contributed by atoms with Crippen molar-refractivity contribution >= 4 is 38.7 Å². The fourth-order valence-corrected chi connectivity index (χ4v) is 7.61. The summed E-state index contributed by atoms with van der Waals surface area (Å²) < 4.78 is 46.8. The van der Waals surface area contributed by atoms with Crippen molar-refractivity contribution in [1.29, 1.82) is 0 Å². The molecule has 3 aromatic carbocycles. The molecule has 13 nitrogen and oxygen atoms in total. The van der Waals surface area contributed by atoms with Crippen LogP contribution in [0.2, 0.25) is 0 Å². The maximum atomic E-state index is 13.9. The van der Waals surface area contributed by atoms with E-state index in [9.17, 15) is 28.1 Å². The van der Waals surface area contributed by atoms with Crippen molar-refractivity contribution in [2.24, 2.45) is 0 Å². The molecule has 5 rings (SSSR count). The predicted octanol–water partition coefficient (Wildman–Crippen LogP) is 5.68. The Bertz CT molecular complexity index is 1980. The summed E-state index contributed by atoms with van der Waals surface area (Å²) in [6, 6.07) is 15.2. The number of benzene rings is 3. The van der Waals surface area contributed by atoms with Gasteiger partial charge in [-0.05, 0) is 69.2 Å². The van der Waals surface area contributed by atoms with Gasteiger partial charge in [0, 0.05) is 55.4 Å². The van der Waals surface area contributed by atoms with Gasteiger partial charge in [0.2, 0.25) is 10.0 Å². The fourth-order valence-electron chi connectivity index (χ4n) is 6.02. The Labute approximate surface area is 278 Å². The number of ether oxygens (including phenoxy) is 3. The molecule has 0 amide bonds. The maximum absolute atomic E-state index is 13.9. The van der Waals surface area contributed by atoms with E-state index in [1.807, 2.05) is 19.1 Å². The first kappa shape index (κ1) is 34.5. The van der Waals surface area contributed by atoms with Crippen molar-refractivity contribution in [2.75, 3.05) is 33.9 Å². The molecule has 254 valence electrons. The molecule has 0 saturated carbocycles. The van der Waals surface area contributed by atoms with Crippen LogP contribution in [0.3, 0.4) is 0 Å². The van der Waals surface area contributed by atoms with Crippen LogP contribution >= 0.6 is 0 Å². The third-order valence-corrected chi connectivity index (χ3v) is 10.2. The Morgan fingerprint density at radius 2 is 1.71 bits per heavy atom. The highest BCUT2D eigenvalue weighted by Crippen LogP contribution is 2.38. The number of rotatable bonds is 8. The average molecular weight is 679 g/mol. The highest BCUT2D eigenvalue weighted by Gasteiger charge is 2.38. The van der Waals surface area contributed by atoms with Crippen molar-refractivity contribution < 1.29 is 37.1 Å². The normalized spacial score (nSPS) is 16.1. The number of aromatic nitrogens is 1. The number of carbonyl (C=O) groups excluding carboxylic acids is 2. The average Bonchev–Trinajstić information content (AvgIpc) is 3.51. The van der Waals surface area contributed by atoms with Crippen LogP contribution in [0, 0.1) is 17.0 Å². The number of carbonyl (C=O) groups is 2. The van der Waals surface area contributed by atoms with Crippen LogP contribution in [0.25, 0.3) is 10.9 Å². The molecule has 1 saturated heterocycles. The van der Waals surface area contributed by atoms with Gasteiger partial charge in [-0.1, -0.05) is 24.3 Å². The van der Waals surface area contributed by atoms with Crippen LogP contribution in [0.15, 0.2) is 71.8 Å². The van der Waals surface area contributed by atoms with Gasteiger partial charge in [0.15, 0.2) is 4.90 Å². The molecule has 1 aliphatic heterocycles. The van der Waals surface area contributed by atoms with Gasteiger partial charge in [0.05, 0.1) is 30.2 Å². The zero-order valence-electron chi connectivity index (χ0n) is 27.6. The Hall–Kier alpha value is -4.79. The second kappa shape index (κ2) is 13.4.